The average Bonchev–Trinajstić information content (AvgIpc) is 3.10. The Kier molecular flexibility index (Phi) is 5.87. The van der Waals surface area contributed by atoms with Crippen molar-refractivity contribution in [2.75, 3.05) is 19.6 Å². The molecular weight excluding hydrogens is 319 g/mol. The Hall–Kier alpha value is -2.14. The van der Waals surface area contributed by atoms with Crippen LogP contribution in [0.2, 0.25) is 0 Å². The van der Waals surface area contributed by atoms with Crippen LogP contribution in [0.3, 0.4) is 0 Å². The maximum Gasteiger partial charge on any atom is 0.287 e. The Morgan fingerprint density at radius 3 is 2.92 bits per heavy atom. The molecule has 1 aliphatic rings. The minimum Gasteiger partial charge on any atom is -0.451 e. The number of furan rings is 1. The zero-order valence-corrected chi connectivity index (χ0v) is 14.6. The summed E-state index contributed by atoms with van der Waals surface area (Å²) in [7, 11) is 0. The van der Waals surface area contributed by atoms with Crippen molar-refractivity contribution in [1.82, 2.24) is 10.2 Å². The van der Waals surface area contributed by atoms with E-state index in [1.807, 2.05) is 0 Å². The molecule has 0 saturated carbocycles. The summed E-state index contributed by atoms with van der Waals surface area (Å²) in [5, 5.41) is 2.88. The van der Waals surface area contributed by atoms with Crippen LogP contribution in [-0.4, -0.2) is 36.5 Å². The van der Waals surface area contributed by atoms with Gasteiger partial charge in [0.1, 0.15) is 11.6 Å². The SMILES string of the molecule is C[C@H]1CCCCN1CCCNC(=O)c1ccc(-c2ccccc2F)o1. The second-order valence-corrected chi connectivity index (χ2v) is 6.63. The van der Waals surface area contributed by atoms with E-state index >= 15 is 0 Å². The van der Waals surface area contributed by atoms with E-state index in [-0.39, 0.29) is 17.5 Å². The Morgan fingerprint density at radius 2 is 2.12 bits per heavy atom. The molecule has 134 valence electrons. The molecular formula is C20H25FN2O2. The molecule has 1 amide bonds. The van der Waals surface area contributed by atoms with Gasteiger partial charge in [-0.25, -0.2) is 4.39 Å². The van der Waals surface area contributed by atoms with Crippen LogP contribution in [0.5, 0.6) is 0 Å². The summed E-state index contributed by atoms with van der Waals surface area (Å²) in [6, 6.07) is 10.2. The van der Waals surface area contributed by atoms with Crippen LogP contribution in [0.4, 0.5) is 4.39 Å². The third kappa shape index (κ3) is 4.48. The van der Waals surface area contributed by atoms with Gasteiger partial charge in [-0.1, -0.05) is 18.6 Å². The molecule has 4 nitrogen and oxygen atoms in total. The van der Waals surface area contributed by atoms with Gasteiger partial charge in [0.05, 0.1) is 5.56 Å². The van der Waals surface area contributed by atoms with Gasteiger partial charge >= 0.3 is 0 Å². The van der Waals surface area contributed by atoms with Crippen LogP contribution in [0.25, 0.3) is 11.3 Å². The molecule has 0 aliphatic carbocycles. The summed E-state index contributed by atoms with van der Waals surface area (Å²) in [4.78, 5) is 14.7. The van der Waals surface area contributed by atoms with Gasteiger partial charge in [-0.15, -0.1) is 0 Å². The van der Waals surface area contributed by atoms with Gasteiger partial charge in [-0.3, -0.25) is 4.79 Å². The summed E-state index contributed by atoms with van der Waals surface area (Å²) in [5.74, 6) is -0.0382. The molecule has 0 radical (unpaired) electrons. The topological polar surface area (TPSA) is 45.5 Å². The first-order chi connectivity index (χ1) is 12.1. The van der Waals surface area contributed by atoms with E-state index in [0.717, 1.165) is 19.5 Å². The maximum atomic E-state index is 13.8. The van der Waals surface area contributed by atoms with E-state index in [4.69, 9.17) is 4.42 Å². The fourth-order valence-corrected chi connectivity index (χ4v) is 3.33. The first-order valence-electron chi connectivity index (χ1n) is 9.02. The smallest absolute Gasteiger partial charge is 0.287 e. The number of amides is 1. The summed E-state index contributed by atoms with van der Waals surface area (Å²) in [6.45, 7) is 5.03. The third-order valence-electron chi connectivity index (χ3n) is 4.82. The first-order valence-corrected chi connectivity index (χ1v) is 9.02. The van der Waals surface area contributed by atoms with E-state index in [1.54, 1.807) is 30.3 Å². The zero-order chi connectivity index (χ0) is 17.6. The molecule has 2 heterocycles. The second-order valence-electron chi connectivity index (χ2n) is 6.63. The lowest BCUT2D eigenvalue weighted by molar-refractivity contribution is 0.0922. The lowest BCUT2D eigenvalue weighted by Crippen LogP contribution is -2.39. The number of piperidine rings is 1. The zero-order valence-electron chi connectivity index (χ0n) is 14.6. The van der Waals surface area contributed by atoms with Gasteiger partial charge in [-0.2, -0.15) is 0 Å². The van der Waals surface area contributed by atoms with Crippen LogP contribution < -0.4 is 5.32 Å². The van der Waals surface area contributed by atoms with Crippen LogP contribution in [-0.2, 0) is 0 Å². The maximum absolute atomic E-state index is 13.8. The predicted octanol–water partition coefficient (Wildman–Crippen LogP) is 4.08. The first kappa shape index (κ1) is 17.7. The number of carbonyl (C=O) groups excluding carboxylic acids is 1. The van der Waals surface area contributed by atoms with Gasteiger partial charge < -0.3 is 14.6 Å². The third-order valence-corrected chi connectivity index (χ3v) is 4.82. The monoisotopic (exact) mass is 344 g/mol. The summed E-state index contributed by atoms with van der Waals surface area (Å²) < 4.78 is 19.3. The number of hydrogen-bond donors (Lipinski definition) is 1. The van der Waals surface area contributed by atoms with Gasteiger partial charge in [0.15, 0.2) is 5.76 Å². The molecule has 1 atom stereocenters. The van der Waals surface area contributed by atoms with E-state index in [0.29, 0.717) is 23.9 Å². The fourth-order valence-electron chi connectivity index (χ4n) is 3.33. The molecule has 0 bridgehead atoms. The molecule has 1 saturated heterocycles. The number of nitrogens with one attached hydrogen (secondary N) is 1. The van der Waals surface area contributed by atoms with E-state index in [9.17, 15) is 9.18 Å². The highest BCUT2D eigenvalue weighted by Gasteiger charge is 2.18. The summed E-state index contributed by atoms with van der Waals surface area (Å²) >= 11 is 0. The Balaban J connectivity index is 1.48. The normalized spacial score (nSPS) is 18.2. The standard InChI is InChI=1S/C20H25FN2O2/c1-15-7-4-5-13-23(15)14-6-12-22-20(24)19-11-10-18(25-19)16-8-2-3-9-17(16)21/h2-3,8-11,15H,4-7,12-14H2,1H3,(H,22,24)/t15-/m0/s1. The van der Waals surface area contributed by atoms with Gasteiger partial charge in [0.2, 0.25) is 0 Å². The fraction of sp³-hybridized carbons (Fsp3) is 0.450. The predicted molar refractivity (Wildman–Crippen MR) is 95.9 cm³/mol. The van der Waals surface area contributed by atoms with Gasteiger partial charge in [0.25, 0.3) is 5.91 Å². The molecule has 3 rings (SSSR count). The highest BCUT2D eigenvalue weighted by molar-refractivity contribution is 5.92. The van der Waals surface area contributed by atoms with Gasteiger partial charge in [0, 0.05) is 19.1 Å². The number of benzene rings is 1. The highest BCUT2D eigenvalue weighted by atomic mass is 19.1. The molecule has 0 spiro atoms. The number of nitrogens with zero attached hydrogens (tertiary/aromatic N) is 1. The van der Waals surface area contributed by atoms with Crippen molar-refractivity contribution in [1.29, 1.82) is 0 Å². The van der Waals surface area contributed by atoms with Crippen molar-refractivity contribution in [2.24, 2.45) is 0 Å². The lowest BCUT2D eigenvalue weighted by Gasteiger charge is -2.33. The molecule has 1 aromatic heterocycles. The van der Waals surface area contributed by atoms with E-state index in [2.05, 4.69) is 17.1 Å². The molecule has 1 aromatic carbocycles. The number of rotatable bonds is 6. The largest absolute Gasteiger partial charge is 0.451 e. The van der Waals surface area contributed by atoms with E-state index in [1.165, 1.54) is 25.3 Å². The Labute approximate surface area is 148 Å². The van der Waals surface area contributed by atoms with Crippen molar-refractivity contribution in [3.63, 3.8) is 0 Å². The number of halogens is 1. The molecule has 25 heavy (non-hydrogen) atoms. The van der Waals surface area contributed by atoms with E-state index < -0.39 is 0 Å². The van der Waals surface area contributed by atoms with Crippen molar-refractivity contribution in [3.05, 3.63) is 48.0 Å². The Morgan fingerprint density at radius 1 is 1.28 bits per heavy atom. The molecule has 1 aliphatic heterocycles. The molecule has 1 N–H and O–H groups in total. The number of hydrogen-bond acceptors (Lipinski definition) is 3. The quantitative estimate of drug-likeness (QED) is 0.803. The van der Waals surface area contributed by atoms with Crippen LogP contribution in [0.1, 0.15) is 43.2 Å². The number of likely N-dealkylation sites (tertiary alicyclic amines) is 1. The minimum absolute atomic E-state index is 0.213. The minimum atomic E-state index is -0.362. The second kappa shape index (κ2) is 8.30. The summed E-state index contributed by atoms with van der Waals surface area (Å²) in [5.41, 5.74) is 0.362. The average molecular weight is 344 g/mol. The van der Waals surface area contributed by atoms with Crippen molar-refractivity contribution < 1.29 is 13.6 Å². The van der Waals surface area contributed by atoms with Crippen LogP contribution in [0, 0.1) is 5.82 Å². The lowest BCUT2D eigenvalue weighted by atomic mass is 10.0. The van der Waals surface area contributed by atoms with Crippen LogP contribution in [0.15, 0.2) is 40.8 Å². The van der Waals surface area contributed by atoms with Gasteiger partial charge in [-0.05, 0) is 57.0 Å². The summed E-state index contributed by atoms with van der Waals surface area (Å²) in [6.07, 6.45) is 4.76. The Bertz CT molecular complexity index is 713. The highest BCUT2D eigenvalue weighted by Crippen LogP contribution is 2.24. The molecule has 2 aromatic rings. The van der Waals surface area contributed by atoms with Crippen molar-refractivity contribution in [3.8, 4) is 11.3 Å². The molecule has 0 unspecified atom stereocenters. The molecule has 1 fully saturated rings. The number of carbonyl (C=O) groups is 1. The molecule has 5 heteroatoms. The van der Waals surface area contributed by atoms with Crippen LogP contribution >= 0.6 is 0 Å². The van der Waals surface area contributed by atoms with Crippen molar-refractivity contribution in [2.45, 2.75) is 38.6 Å². The van der Waals surface area contributed by atoms with Crippen molar-refractivity contribution >= 4 is 5.91 Å².